The van der Waals surface area contributed by atoms with Crippen molar-refractivity contribution in [3.8, 4) is 0 Å². The quantitative estimate of drug-likeness (QED) is 0.120. The van der Waals surface area contributed by atoms with E-state index in [1.165, 1.54) is 83.5 Å². The van der Waals surface area contributed by atoms with Crippen molar-refractivity contribution < 1.29 is 19.1 Å². The van der Waals surface area contributed by atoms with Crippen LogP contribution in [0.2, 0.25) is 0 Å². The van der Waals surface area contributed by atoms with Gasteiger partial charge in [0.25, 0.3) is 0 Å². The lowest BCUT2D eigenvalue weighted by molar-refractivity contribution is 0.0450. The Morgan fingerprint density at radius 1 is 0.568 bits per heavy atom. The molecule has 0 spiro atoms. The van der Waals surface area contributed by atoms with Crippen molar-refractivity contribution in [2.24, 2.45) is 5.92 Å². The normalized spacial score (nSPS) is 10.6. The van der Waals surface area contributed by atoms with Gasteiger partial charge in [-0.2, -0.15) is 0 Å². The highest BCUT2D eigenvalue weighted by Gasteiger charge is 2.18. The molecule has 0 aromatic heterocycles. The van der Waals surface area contributed by atoms with Crippen LogP contribution in [0.4, 0.5) is 0 Å². The number of carbonyl (C=O) groups is 2. The van der Waals surface area contributed by atoms with Crippen LogP contribution in [0.3, 0.4) is 0 Å². The summed E-state index contributed by atoms with van der Waals surface area (Å²) in [6.07, 6.45) is 20.7. The molecule has 0 heterocycles. The highest BCUT2D eigenvalue weighted by Crippen LogP contribution is 2.14. The second kappa shape index (κ2) is 25.8. The molecule has 1 rings (SSSR count). The summed E-state index contributed by atoms with van der Waals surface area (Å²) >= 11 is 0. The van der Waals surface area contributed by atoms with E-state index in [2.05, 4.69) is 34.6 Å². The number of hydrogen-bond donors (Lipinski definition) is 0. The van der Waals surface area contributed by atoms with Crippen LogP contribution in [0.15, 0.2) is 24.3 Å². The zero-order valence-electron chi connectivity index (χ0n) is 25.0. The molecule has 0 saturated heterocycles. The van der Waals surface area contributed by atoms with E-state index < -0.39 is 11.9 Å². The molecule has 4 heteroatoms. The van der Waals surface area contributed by atoms with Gasteiger partial charge in [-0.1, -0.05) is 143 Å². The fraction of sp³-hybridized carbons (Fsp3) is 0.758. The molecule has 0 aliphatic carbocycles. The van der Waals surface area contributed by atoms with E-state index in [1.54, 1.807) is 24.3 Å². The highest BCUT2D eigenvalue weighted by molar-refractivity contribution is 6.03. The number of carbonyl (C=O) groups excluding carboxylic acids is 2. The predicted molar refractivity (Wildman–Crippen MR) is 157 cm³/mol. The molecule has 4 nitrogen and oxygen atoms in total. The smallest absolute Gasteiger partial charge is 0.339 e. The molecule has 0 N–H and O–H groups in total. The number of rotatable bonds is 21. The van der Waals surface area contributed by atoms with E-state index in [1.807, 2.05) is 0 Å². The zero-order chi connectivity index (χ0) is 27.6. The lowest BCUT2D eigenvalue weighted by Crippen LogP contribution is -2.15. The number of unbranched alkanes of at least 4 members (excludes halogenated alkanes) is 13. The zero-order valence-corrected chi connectivity index (χ0v) is 25.0. The minimum Gasteiger partial charge on any atom is -0.462 e. The van der Waals surface area contributed by atoms with Gasteiger partial charge in [-0.15, -0.1) is 0 Å². The van der Waals surface area contributed by atoms with E-state index in [0.717, 1.165) is 31.6 Å². The van der Waals surface area contributed by atoms with Crippen molar-refractivity contribution >= 4 is 11.9 Å². The third-order valence-corrected chi connectivity index (χ3v) is 6.46. The van der Waals surface area contributed by atoms with E-state index in [0.29, 0.717) is 24.3 Å². The maximum atomic E-state index is 12.4. The lowest BCUT2D eigenvalue weighted by atomic mass is 10.1. The fourth-order valence-electron chi connectivity index (χ4n) is 4.07. The number of benzene rings is 1. The Morgan fingerprint density at radius 3 is 1.30 bits per heavy atom. The lowest BCUT2D eigenvalue weighted by Gasteiger charge is -2.10. The van der Waals surface area contributed by atoms with Gasteiger partial charge in [0.1, 0.15) is 0 Å². The van der Waals surface area contributed by atoms with E-state index in [4.69, 9.17) is 9.47 Å². The second-order valence-corrected chi connectivity index (χ2v) is 10.6. The molecule has 0 radical (unpaired) electrons. The average Bonchev–Trinajstić information content (AvgIpc) is 2.90. The molecule has 0 amide bonds. The van der Waals surface area contributed by atoms with Gasteiger partial charge in [0.05, 0.1) is 24.3 Å². The van der Waals surface area contributed by atoms with Gasteiger partial charge < -0.3 is 9.47 Å². The van der Waals surface area contributed by atoms with Gasteiger partial charge in [-0.3, -0.25) is 0 Å². The fourth-order valence-corrected chi connectivity index (χ4v) is 4.07. The number of ether oxygens (including phenoxy) is 2. The molecule has 0 unspecified atom stereocenters. The topological polar surface area (TPSA) is 52.6 Å². The molecule has 0 aliphatic rings. The predicted octanol–water partition coefficient (Wildman–Crippen LogP) is 10.3. The summed E-state index contributed by atoms with van der Waals surface area (Å²) in [5, 5.41) is 0. The van der Waals surface area contributed by atoms with Crippen LogP contribution >= 0.6 is 0 Å². The summed E-state index contributed by atoms with van der Waals surface area (Å²) in [5.41, 5.74) is 0.586. The molecule has 0 aliphatic heterocycles. The molecule has 0 saturated carbocycles. The second-order valence-electron chi connectivity index (χ2n) is 10.6. The number of hydrogen-bond acceptors (Lipinski definition) is 4. The largest absolute Gasteiger partial charge is 0.462 e. The Morgan fingerprint density at radius 2 is 0.919 bits per heavy atom. The molecule has 1 aromatic rings. The van der Waals surface area contributed by atoms with E-state index in [9.17, 15) is 9.59 Å². The molecule has 0 atom stereocenters. The van der Waals surface area contributed by atoms with Crippen molar-refractivity contribution in [3.05, 3.63) is 35.4 Å². The van der Waals surface area contributed by atoms with Gasteiger partial charge in [-0.05, 0) is 30.9 Å². The minimum absolute atomic E-state index is 0.293. The van der Waals surface area contributed by atoms with E-state index >= 15 is 0 Å². The Balaban J connectivity index is 0.00000122. The van der Waals surface area contributed by atoms with E-state index in [-0.39, 0.29) is 0 Å². The van der Waals surface area contributed by atoms with Crippen molar-refractivity contribution in [3.63, 3.8) is 0 Å². The molecule has 0 fully saturated rings. The van der Waals surface area contributed by atoms with Crippen LogP contribution in [-0.4, -0.2) is 25.2 Å². The first kappa shape index (κ1) is 35.2. The van der Waals surface area contributed by atoms with Gasteiger partial charge in [0, 0.05) is 0 Å². The third kappa shape index (κ3) is 20.9. The van der Waals surface area contributed by atoms with Crippen LogP contribution < -0.4 is 0 Å². The molecule has 0 bridgehead atoms. The van der Waals surface area contributed by atoms with Crippen LogP contribution in [0.1, 0.15) is 164 Å². The maximum Gasteiger partial charge on any atom is 0.339 e. The highest BCUT2D eigenvalue weighted by atomic mass is 16.5. The summed E-state index contributed by atoms with van der Waals surface area (Å²) in [6.45, 7) is 12.0. The summed E-state index contributed by atoms with van der Waals surface area (Å²) in [4.78, 5) is 24.7. The van der Waals surface area contributed by atoms with Gasteiger partial charge in [0.15, 0.2) is 0 Å². The molecular formula is C33H58O4. The summed E-state index contributed by atoms with van der Waals surface area (Å²) in [7, 11) is 0. The summed E-state index contributed by atoms with van der Waals surface area (Å²) in [5.74, 6) is 0.0169. The standard InChI is InChI=1S/C24H38O4.C9H20/c1-3-5-7-9-11-15-19-27-23(25)21-17-13-14-18-22(21)24(26)28-20-16-12-10-8-6-4-2;1-4-5-6-7-8-9(2)3/h13-14,17-18H,3-12,15-16,19-20H2,1-2H3;9H,4-8H2,1-3H3. The van der Waals surface area contributed by atoms with Gasteiger partial charge in [-0.25, -0.2) is 9.59 Å². The Bertz CT molecular complexity index is 619. The van der Waals surface area contributed by atoms with Crippen molar-refractivity contribution in [2.45, 2.75) is 144 Å². The van der Waals surface area contributed by atoms with Crippen molar-refractivity contribution in [1.82, 2.24) is 0 Å². The molecular weight excluding hydrogens is 460 g/mol. The minimum atomic E-state index is -0.444. The monoisotopic (exact) mass is 518 g/mol. The Kier molecular flexibility index (Phi) is 24.5. The maximum absolute atomic E-state index is 12.4. The van der Waals surface area contributed by atoms with Crippen molar-refractivity contribution in [1.29, 1.82) is 0 Å². The van der Waals surface area contributed by atoms with Crippen LogP contribution in [0.5, 0.6) is 0 Å². The van der Waals surface area contributed by atoms with Crippen LogP contribution in [-0.2, 0) is 9.47 Å². The first-order valence-corrected chi connectivity index (χ1v) is 15.4. The first-order chi connectivity index (χ1) is 18.0. The Labute approximate surface area is 229 Å². The van der Waals surface area contributed by atoms with Gasteiger partial charge >= 0.3 is 11.9 Å². The average molecular weight is 519 g/mol. The van der Waals surface area contributed by atoms with Crippen LogP contribution in [0, 0.1) is 5.92 Å². The van der Waals surface area contributed by atoms with Crippen LogP contribution in [0.25, 0.3) is 0 Å². The summed E-state index contributed by atoms with van der Waals surface area (Å²) in [6, 6.07) is 6.74. The molecule has 1 aromatic carbocycles. The molecule has 214 valence electrons. The van der Waals surface area contributed by atoms with Gasteiger partial charge in [0.2, 0.25) is 0 Å². The van der Waals surface area contributed by atoms with Crippen molar-refractivity contribution in [2.75, 3.05) is 13.2 Å². The first-order valence-electron chi connectivity index (χ1n) is 15.4. The summed E-state index contributed by atoms with van der Waals surface area (Å²) < 4.78 is 10.7. The molecule has 37 heavy (non-hydrogen) atoms. The number of esters is 2. The Hall–Kier alpha value is -1.84. The SMILES string of the molecule is CCCCCCC(C)C.CCCCCCCCOC(=O)c1ccccc1C(=O)OCCCCCCCC. The third-order valence-electron chi connectivity index (χ3n) is 6.46.